The number of benzene rings is 3. The summed E-state index contributed by atoms with van der Waals surface area (Å²) in [5.74, 6) is -1.16. The summed E-state index contributed by atoms with van der Waals surface area (Å²) in [5, 5.41) is 11.7. The van der Waals surface area contributed by atoms with Crippen molar-refractivity contribution < 1.29 is 19.2 Å². The van der Waals surface area contributed by atoms with Crippen LogP contribution in [0, 0.1) is 17.0 Å². The lowest BCUT2D eigenvalue weighted by Crippen LogP contribution is -2.16. The van der Waals surface area contributed by atoms with Gasteiger partial charge in [-0.15, -0.1) is 0 Å². The van der Waals surface area contributed by atoms with E-state index < -0.39 is 23.3 Å². The Hall–Kier alpha value is -4.10. The van der Waals surface area contributed by atoms with E-state index in [0.717, 1.165) is 5.56 Å². The van der Waals surface area contributed by atoms with E-state index in [1.807, 2.05) is 30.3 Å². The Kier molecular flexibility index (Phi) is 6.15. The number of ketones is 1. The number of para-hydroxylation sites is 1. The molecule has 0 aliphatic carbocycles. The Bertz CT molecular complexity index is 1390. The van der Waals surface area contributed by atoms with Crippen LogP contribution in [0.2, 0.25) is 5.02 Å². The molecular formula is C25H17ClN2O5. The lowest BCUT2D eigenvalue weighted by atomic mass is 9.98. The first-order valence-electron chi connectivity index (χ1n) is 9.96. The number of pyridine rings is 1. The number of fused-ring (bicyclic) bond motifs is 1. The lowest BCUT2D eigenvalue weighted by molar-refractivity contribution is -0.384. The Balaban J connectivity index is 1.67. The number of non-ortho nitro benzene ring substituents is 1. The van der Waals surface area contributed by atoms with Gasteiger partial charge in [-0.1, -0.05) is 54.1 Å². The molecule has 0 fully saturated rings. The van der Waals surface area contributed by atoms with Crippen LogP contribution in [0.15, 0.2) is 72.8 Å². The highest BCUT2D eigenvalue weighted by Gasteiger charge is 2.22. The molecule has 1 heterocycles. The number of rotatable bonds is 6. The van der Waals surface area contributed by atoms with Gasteiger partial charge >= 0.3 is 5.97 Å². The zero-order chi connectivity index (χ0) is 23.5. The Morgan fingerprint density at radius 3 is 2.36 bits per heavy atom. The van der Waals surface area contributed by atoms with Gasteiger partial charge in [0.25, 0.3) is 5.69 Å². The van der Waals surface area contributed by atoms with Crippen LogP contribution in [0.5, 0.6) is 0 Å². The van der Waals surface area contributed by atoms with Gasteiger partial charge in [0.2, 0.25) is 0 Å². The molecule has 1 aromatic heterocycles. The molecule has 7 nitrogen and oxygen atoms in total. The average molecular weight is 461 g/mol. The molecule has 0 saturated heterocycles. The number of nitro benzene ring substituents is 1. The Morgan fingerprint density at radius 1 is 1.00 bits per heavy atom. The Morgan fingerprint density at radius 2 is 1.70 bits per heavy atom. The van der Waals surface area contributed by atoms with Crippen LogP contribution in [0.1, 0.15) is 26.3 Å². The van der Waals surface area contributed by atoms with Crippen molar-refractivity contribution in [2.75, 3.05) is 6.61 Å². The van der Waals surface area contributed by atoms with Gasteiger partial charge in [-0.3, -0.25) is 14.9 Å². The number of aromatic nitrogens is 1. The third-order valence-electron chi connectivity index (χ3n) is 5.20. The van der Waals surface area contributed by atoms with E-state index in [9.17, 15) is 19.7 Å². The summed E-state index contributed by atoms with van der Waals surface area (Å²) in [6.45, 7) is 1.26. The smallest absolute Gasteiger partial charge is 0.339 e. The van der Waals surface area contributed by atoms with Crippen molar-refractivity contribution in [3.63, 3.8) is 0 Å². The number of carbonyl (C=O) groups is 2. The average Bonchev–Trinajstić information content (AvgIpc) is 2.83. The third kappa shape index (κ3) is 4.44. The molecule has 0 bridgehead atoms. The van der Waals surface area contributed by atoms with Crippen LogP contribution in [0.3, 0.4) is 0 Å². The van der Waals surface area contributed by atoms with Gasteiger partial charge < -0.3 is 4.74 Å². The highest BCUT2D eigenvalue weighted by atomic mass is 35.5. The van der Waals surface area contributed by atoms with E-state index in [-0.39, 0.29) is 16.8 Å². The summed E-state index contributed by atoms with van der Waals surface area (Å²) in [4.78, 5) is 40.5. The number of esters is 1. The molecule has 164 valence electrons. The van der Waals surface area contributed by atoms with Crippen molar-refractivity contribution in [3.8, 4) is 11.3 Å². The molecule has 0 atom stereocenters. The SMILES string of the molecule is Cc1c(-c2ccccc2)nc2c(Cl)cccc2c1C(=O)OCC(=O)c1ccc([N+](=O)[O-])cc1. The number of hydrogen-bond donors (Lipinski definition) is 0. The van der Waals surface area contributed by atoms with Crippen molar-refractivity contribution in [1.82, 2.24) is 4.98 Å². The van der Waals surface area contributed by atoms with Crippen LogP contribution < -0.4 is 0 Å². The summed E-state index contributed by atoms with van der Waals surface area (Å²) >= 11 is 6.37. The summed E-state index contributed by atoms with van der Waals surface area (Å²) in [5.41, 5.74) is 2.81. The van der Waals surface area contributed by atoms with Crippen molar-refractivity contribution >= 4 is 39.9 Å². The van der Waals surface area contributed by atoms with Crippen LogP contribution in [0.25, 0.3) is 22.2 Å². The first kappa shape index (κ1) is 22.1. The molecule has 0 amide bonds. The molecule has 0 saturated carbocycles. The number of carbonyl (C=O) groups excluding carboxylic acids is 2. The summed E-state index contributed by atoms with van der Waals surface area (Å²) < 4.78 is 5.35. The number of nitrogens with zero attached hydrogens (tertiary/aromatic N) is 2. The van der Waals surface area contributed by atoms with Crippen molar-refractivity contribution in [3.05, 3.63) is 105 Å². The number of Topliss-reactive ketones (excluding diaryl/α,β-unsaturated/α-hetero) is 1. The zero-order valence-electron chi connectivity index (χ0n) is 17.4. The largest absolute Gasteiger partial charge is 0.454 e. The highest BCUT2D eigenvalue weighted by Crippen LogP contribution is 2.33. The van der Waals surface area contributed by atoms with E-state index >= 15 is 0 Å². The van der Waals surface area contributed by atoms with E-state index in [4.69, 9.17) is 21.3 Å². The molecule has 0 unspecified atom stereocenters. The van der Waals surface area contributed by atoms with Gasteiger partial charge in [-0.05, 0) is 30.7 Å². The predicted molar refractivity (Wildman–Crippen MR) is 125 cm³/mol. The van der Waals surface area contributed by atoms with Gasteiger partial charge in [0, 0.05) is 28.6 Å². The summed E-state index contributed by atoms with van der Waals surface area (Å²) in [6.07, 6.45) is 0. The minimum absolute atomic E-state index is 0.132. The van der Waals surface area contributed by atoms with Crippen LogP contribution in [-0.2, 0) is 4.74 Å². The maximum Gasteiger partial charge on any atom is 0.339 e. The second kappa shape index (κ2) is 9.18. The molecule has 4 rings (SSSR count). The molecule has 0 aliphatic heterocycles. The zero-order valence-corrected chi connectivity index (χ0v) is 18.2. The minimum Gasteiger partial charge on any atom is -0.454 e. The first-order chi connectivity index (χ1) is 15.9. The molecule has 0 N–H and O–H groups in total. The predicted octanol–water partition coefficient (Wildman–Crippen LogP) is 5.81. The van der Waals surface area contributed by atoms with E-state index in [0.29, 0.717) is 27.2 Å². The normalized spacial score (nSPS) is 10.7. The molecule has 33 heavy (non-hydrogen) atoms. The monoisotopic (exact) mass is 460 g/mol. The fourth-order valence-corrected chi connectivity index (χ4v) is 3.76. The molecule has 0 aliphatic rings. The van der Waals surface area contributed by atoms with Gasteiger partial charge in [0.15, 0.2) is 12.4 Å². The quantitative estimate of drug-likeness (QED) is 0.156. The summed E-state index contributed by atoms with van der Waals surface area (Å²) in [7, 11) is 0. The second-order valence-corrected chi connectivity index (χ2v) is 7.67. The highest BCUT2D eigenvalue weighted by molar-refractivity contribution is 6.35. The van der Waals surface area contributed by atoms with E-state index in [1.165, 1.54) is 24.3 Å². The lowest BCUT2D eigenvalue weighted by Gasteiger charge is -2.15. The fraction of sp³-hybridized carbons (Fsp3) is 0.0800. The molecule has 8 heteroatoms. The van der Waals surface area contributed by atoms with E-state index in [2.05, 4.69) is 0 Å². The second-order valence-electron chi connectivity index (χ2n) is 7.27. The summed E-state index contributed by atoms with van der Waals surface area (Å²) in [6, 6.07) is 19.6. The van der Waals surface area contributed by atoms with Crippen LogP contribution in [0.4, 0.5) is 5.69 Å². The number of hydrogen-bond acceptors (Lipinski definition) is 6. The molecule has 0 radical (unpaired) electrons. The van der Waals surface area contributed by atoms with Gasteiger partial charge in [-0.2, -0.15) is 0 Å². The van der Waals surface area contributed by atoms with Gasteiger partial charge in [0.1, 0.15) is 0 Å². The van der Waals surface area contributed by atoms with Crippen molar-refractivity contribution in [1.29, 1.82) is 0 Å². The van der Waals surface area contributed by atoms with E-state index in [1.54, 1.807) is 25.1 Å². The standard InChI is InChI=1S/C25H17ClN2O5/c1-15-22(25(30)33-14-21(29)16-10-12-18(13-11-16)28(31)32)19-8-5-9-20(26)24(19)27-23(15)17-6-3-2-4-7-17/h2-13H,14H2,1H3. The molecular weight excluding hydrogens is 444 g/mol. The molecule has 3 aromatic carbocycles. The molecule has 0 spiro atoms. The van der Waals surface area contributed by atoms with Crippen molar-refractivity contribution in [2.45, 2.75) is 6.92 Å². The van der Waals surface area contributed by atoms with Gasteiger partial charge in [-0.25, -0.2) is 9.78 Å². The number of nitro groups is 1. The third-order valence-corrected chi connectivity index (χ3v) is 5.50. The first-order valence-corrected chi connectivity index (χ1v) is 10.3. The fourth-order valence-electron chi connectivity index (χ4n) is 3.54. The van der Waals surface area contributed by atoms with Crippen LogP contribution >= 0.6 is 11.6 Å². The van der Waals surface area contributed by atoms with Crippen molar-refractivity contribution in [2.24, 2.45) is 0 Å². The Labute approximate surface area is 193 Å². The topological polar surface area (TPSA) is 99.4 Å². The maximum absolute atomic E-state index is 13.1. The minimum atomic E-state index is -0.686. The number of halogens is 1. The van der Waals surface area contributed by atoms with Gasteiger partial charge in [0.05, 0.1) is 26.7 Å². The number of ether oxygens (including phenoxy) is 1. The maximum atomic E-state index is 13.1. The molecule has 4 aromatic rings. The van der Waals surface area contributed by atoms with Crippen LogP contribution in [-0.4, -0.2) is 28.3 Å².